The second-order valence-corrected chi connectivity index (χ2v) is 8.27. The molecule has 0 atom stereocenters. The van der Waals surface area contributed by atoms with Crippen molar-refractivity contribution in [1.29, 1.82) is 0 Å². The number of nitrogens with two attached hydrogens (primary N) is 1. The molecule has 0 aliphatic carbocycles. The highest BCUT2D eigenvalue weighted by atomic mass is 35.5. The number of hydrogen-bond acceptors (Lipinski definition) is 7. The molecule has 8 heteroatoms. The number of piperidine rings is 1. The molecule has 0 spiro atoms. The van der Waals surface area contributed by atoms with Crippen molar-refractivity contribution in [2.24, 2.45) is 5.84 Å². The van der Waals surface area contributed by atoms with Gasteiger partial charge in [0.2, 0.25) is 0 Å². The molecule has 0 unspecified atom stereocenters. The Hall–Kier alpha value is -1.12. The van der Waals surface area contributed by atoms with Crippen LogP contribution in [0.4, 0.5) is 0 Å². The van der Waals surface area contributed by atoms with E-state index in [1.807, 2.05) is 17.1 Å². The summed E-state index contributed by atoms with van der Waals surface area (Å²) in [5.74, 6) is 7.48. The first kappa shape index (κ1) is 18.3. The molecular formula is C18H23ClN4O2S. The molecule has 0 radical (unpaired) electrons. The number of oxazole rings is 1. The van der Waals surface area contributed by atoms with E-state index in [0.717, 1.165) is 73.7 Å². The summed E-state index contributed by atoms with van der Waals surface area (Å²) in [6.07, 6.45) is 5.58. The van der Waals surface area contributed by atoms with E-state index in [9.17, 15) is 0 Å². The second-order valence-electron chi connectivity index (χ2n) is 6.84. The highest BCUT2D eigenvalue weighted by Crippen LogP contribution is 2.40. The minimum absolute atomic E-state index is 0.338. The monoisotopic (exact) mass is 394 g/mol. The lowest BCUT2D eigenvalue weighted by Gasteiger charge is -2.27. The summed E-state index contributed by atoms with van der Waals surface area (Å²) in [7, 11) is 0. The Kier molecular flexibility index (Phi) is 5.81. The van der Waals surface area contributed by atoms with Crippen molar-refractivity contribution in [3.63, 3.8) is 0 Å². The highest BCUT2D eigenvalue weighted by Gasteiger charge is 2.29. The van der Waals surface area contributed by atoms with Gasteiger partial charge in [-0.2, -0.15) is 0 Å². The van der Waals surface area contributed by atoms with Crippen LogP contribution >= 0.6 is 23.4 Å². The van der Waals surface area contributed by atoms with Gasteiger partial charge in [-0.3, -0.25) is 5.84 Å². The molecule has 4 rings (SSSR count). The SMILES string of the molecule is NN1CCC(c2nc(C3CCOCC3)oc2Sc2ccc(Cl)cn2)CC1. The van der Waals surface area contributed by atoms with Gasteiger partial charge in [-0.05, 0) is 49.6 Å². The van der Waals surface area contributed by atoms with Crippen LogP contribution in [0.25, 0.3) is 0 Å². The van der Waals surface area contributed by atoms with Crippen LogP contribution in [0, 0.1) is 0 Å². The Balaban J connectivity index is 1.60. The number of hydrazine groups is 1. The van der Waals surface area contributed by atoms with Crippen LogP contribution in [0.1, 0.15) is 49.1 Å². The number of halogens is 1. The number of ether oxygens (including phenoxy) is 1. The zero-order valence-electron chi connectivity index (χ0n) is 14.6. The predicted octanol–water partition coefficient (Wildman–Crippen LogP) is 3.82. The van der Waals surface area contributed by atoms with Crippen LogP contribution < -0.4 is 5.84 Å². The van der Waals surface area contributed by atoms with Crippen molar-refractivity contribution in [2.75, 3.05) is 26.3 Å². The third kappa shape index (κ3) is 4.23. The summed E-state index contributed by atoms with van der Waals surface area (Å²) in [6, 6.07) is 3.76. The molecule has 2 N–H and O–H groups in total. The summed E-state index contributed by atoms with van der Waals surface area (Å²) < 4.78 is 11.7. The number of hydrogen-bond donors (Lipinski definition) is 1. The van der Waals surface area contributed by atoms with Crippen molar-refractivity contribution in [3.8, 4) is 0 Å². The number of rotatable bonds is 4. The van der Waals surface area contributed by atoms with Crippen LogP contribution in [0.15, 0.2) is 32.9 Å². The highest BCUT2D eigenvalue weighted by molar-refractivity contribution is 7.99. The first-order chi connectivity index (χ1) is 12.7. The lowest BCUT2D eigenvalue weighted by atomic mass is 9.95. The van der Waals surface area contributed by atoms with Gasteiger partial charge >= 0.3 is 0 Å². The zero-order chi connectivity index (χ0) is 17.9. The van der Waals surface area contributed by atoms with Crippen LogP contribution in [-0.4, -0.2) is 41.3 Å². The van der Waals surface area contributed by atoms with E-state index in [-0.39, 0.29) is 0 Å². The average molecular weight is 395 g/mol. The van der Waals surface area contributed by atoms with E-state index >= 15 is 0 Å². The molecule has 0 bridgehead atoms. The Morgan fingerprint density at radius 1 is 1.12 bits per heavy atom. The lowest BCUT2D eigenvalue weighted by molar-refractivity contribution is 0.0786. The fourth-order valence-corrected chi connectivity index (χ4v) is 4.46. The molecule has 2 aliphatic rings. The Morgan fingerprint density at radius 3 is 2.58 bits per heavy atom. The van der Waals surface area contributed by atoms with Crippen molar-refractivity contribution in [2.45, 2.75) is 47.6 Å². The number of nitrogens with zero attached hydrogens (tertiary/aromatic N) is 3. The summed E-state index contributed by atoms with van der Waals surface area (Å²) >= 11 is 7.48. The molecule has 26 heavy (non-hydrogen) atoms. The van der Waals surface area contributed by atoms with Gasteiger partial charge in [-0.25, -0.2) is 15.0 Å². The Bertz CT molecular complexity index is 725. The molecule has 2 saturated heterocycles. The zero-order valence-corrected chi connectivity index (χ0v) is 16.1. The fourth-order valence-electron chi connectivity index (χ4n) is 3.48. The molecule has 2 aromatic rings. The van der Waals surface area contributed by atoms with E-state index in [4.69, 9.17) is 31.6 Å². The van der Waals surface area contributed by atoms with Crippen molar-refractivity contribution in [3.05, 3.63) is 34.9 Å². The van der Waals surface area contributed by atoms with Gasteiger partial charge in [0.25, 0.3) is 0 Å². The maximum absolute atomic E-state index is 6.25. The summed E-state index contributed by atoms with van der Waals surface area (Å²) in [6.45, 7) is 3.31. The maximum atomic E-state index is 6.25. The first-order valence-electron chi connectivity index (χ1n) is 9.06. The molecule has 0 aromatic carbocycles. The third-order valence-corrected chi connectivity index (χ3v) is 6.17. The van der Waals surface area contributed by atoms with E-state index < -0.39 is 0 Å². The van der Waals surface area contributed by atoms with Gasteiger partial charge in [0.05, 0.1) is 10.7 Å². The molecule has 2 aliphatic heterocycles. The molecule has 6 nitrogen and oxygen atoms in total. The van der Waals surface area contributed by atoms with Crippen molar-refractivity contribution in [1.82, 2.24) is 15.0 Å². The summed E-state index contributed by atoms with van der Waals surface area (Å²) in [4.78, 5) is 9.33. The minimum Gasteiger partial charge on any atom is -0.433 e. The maximum Gasteiger partial charge on any atom is 0.199 e. The van der Waals surface area contributed by atoms with Crippen molar-refractivity contribution >= 4 is 23.4 Å². The molecule has 4 heterocycles. The summed E-state index contributed by atoms with van der Waals surface area (Å²) in [5, 5.41) is 4.23. The first-order valence-corrected chi connectivity index (χ1v) is 10.3. The van der Waals surface area contributed by atoms with Gasteiger partial charge in [0.15, 0.2) is 11.0 Å². The summed E-state index contributed by atoms with van der Waals surface area (Å²) in [5.41, 5.74) is 1.06. The largest absolute Gasteiger partial charge is 0.433 e. The van der Waals surface area contributed by atoms with Gasteiger partial charge in [-0.15, -0.1) is 0 Å². The minimum atomic E-state index is 0.338. The number of pyridine rings is 1. The Labute approximate surface area is 162 Å². The topological polar surface area (TPSA) is 77.4 Å². The standard InChI is InChI=1S/C18H23ClN4O2S/c19-14-1-2-15(21-11-14)26-18-16(12-3-7-23(20)8-4-12)22-17(25-18)13-5-9-24-10-6-13/h1-2,11-13H,3-10,20H2. The molecule has 140 valence electrons. The van der Waals surface area contributed by atoms with Crippen LogP contribution in [0.2, 0.25) is 5.02 Å². The smallest absolute Gasteiger partial charge is 0.199 e. The van der Waals surface area contributed by atoms with E-state index in [2.05, 4.69) is 4.98 Å². The predicted molar refractivity (Wildman–Crippen MR) is 100 cm³/mol. The van der Waals surface area contributed by atoms with E-state index in [1.54, 1.807) is 6.20 Å². The van der Waals surface area contributed by atoms with E-state index in [1.165, 1.54) is 11.8 Å². The van der Waals surface area contributed by atoms with Crippen LogP contribution in [0.5, 0.6) is 0 Å². The normalized spacial score (nSPS) is 20.5. The van der Waals surface area contributed by atoms with Crippen molar-refractivity contribution < 1.29 is 9.15 Å². The second kappa shape index (κ2) is 8.27. The van der Waals surface area contributed by atoms with Gasteiger partial charge in [-0.1, -0.05) is 11.6 Å². The molecule has 2 fully saturated rings. The van der Waals surface area contributed by atoms with Gasteiger partial charge in [0, 0.05) is 44.3 Å². The number of aromatic nitrogens is 2. The van der Waals surface area contributed by atoms with Gasteiger partial charge in [0.1, 0.15) is 5.03 Å². The quantitative estimate of drug-likeness (QED) is 0.789. The van der Waals surface area contributed by atoms with Crippen LogP contribution in [-0.2, 0) is 4.74 Å². The third-order valence-electron chi connectivity index (χ3n) is 5.02. The Morgan fingerprint density at radius 2 is 1.88 bits per heavy atom. The molecule has 0 amide bonds. The average Bonchev–Trinajstić information content (AvgIpc) is 3.09. The van der Waals surface area contributed by atoms with E-state index in [0.29, 0.717) is 16.9 Å². The molecule has 2 aromatic heterocycles. The fraction of sp³-hybridized carbons (Fsp3) is 0.556. The van der Waals surface area contributed by atoms with Crippen LogP contribution in [0.3, 0.4) is 0 Å². The lowest BCUT2D eigenvalue weighted by Crippen LogP contribution is -2.38. The molecule has 0 saturated carbocycles. The van der Waals surface area contributed by atoms with Gasteiger partial charge < -0.3 is 9.15 Å². The molecular weight excluding hydrogens is 372 g/mol.